The average Bonchev–Trinajstić information content (AvgIpc) is 3.45. The SMILES string of the molecule is COc1ccc(COC[C@@H]2CCc3nc(-c4cccc(OC)c4)c(-c4ccncc4)n32)cc1. The largest absolute Gasteiger partial charge is 0.497 e. The number of fused-ring (bicyclic) bond motifs is 1. The van der Waals surface area contributed by atoms with Crippen LogP contribution in [0.2, 0.25) is 0 Å². The van der Waals surface area contributed by atoms with Gasteiger partial charge < -0.3 is 18.8 Å². The maximum Gasteiger partial charge on any atom is 0.119 e. The molecule has 6 nitrogen and oxygen atoms in total. The summed E-state index contributed by atoms with van der Waals surface area (Å²) >= 11 is 0. The average molecular weight is 442 g/mol. The first-order chi connectivity index (χ1) is 16.3. The molecule has 6 heteroatoms. The Morgan fingerprint density at radius 2 is 1.70 bits per heavy atom. The van der Waals surface area contributed by atoms with Crippen molar-refractivity contribution in [1.29, 1.82) is 0 Å². The van der Waals surface area contributed by atoms with Gasteiger partial charge >= 0.3 is 0 Å². The number of benzene rings is 2. The van der Waals surface area contributed by atoms with E-state index >= 15 is 0 Å². The molecule has 168 valence electrons. The molecule has 2 aromatic carbocycles. The van der Waals surface area contributed by atoms with Crippen LogP contribution in [-0.4, -0.2) is 35.4 Å². The lowest BCUT2D eigenvalue weighted by atomic mass is 10.0. The van der Waals surface area contributed by atoms with Crippen molar-refractivity contribution in [2.45, 2.75) is 25.5 Å². The summed E-state index contributed by atoms with van der Waals surface area (Å²) in [5.74, 6) is 2.77. The smallest absolute Gasteiger partial charge is 0.119 e. The number of rotatable bonds is 8. The van der Waals surface area contributed by atoms with Crippen molar-refractivity contribution in [3.05, 3.63) is 84.4 Å². The Morgan fingerprint density at radius 1 is 0.909 bits per heavy atom. The lowest BCUT2D eigenvalue weighted by Gasteiger charge is -2.18. The summed E-state index contributed by atoms with van der Waals surface area (Å²) < 4.78 is 19.2. The van der Waals surface area contributed by atoms with E-state index in [4.69, 9.17) is 19.2 Å². The second kappa shape index (κ2) is 9.46. The molecule has 3 heterocycles. The van der Waals surface area contributed by atoms with Gasteiger partial charge in [-0.2, -0.15) is 0 Å². The summed E-state index contributed by atoms with van der Waals surface area (Å²) in [5, 5.41) is 0. The third-order valence-electron chi connectivity index (χ3n) is 6.09. The first-order valence-electron chi connectivity index (χ1n) is 11.1. The summed E-state index contributed by atoms with van der Waals surface area (Å²) in [5.41, 5.74) is 5.35. The van der Waals surface area contributed by atoms with Crippen molar-refractivity contribution in [3.63, 3.8) is 0 Å². The Hall–Kier alpha value is -3.64. The van der Waals surface area contributed by atoms with E-state index in [0.717, 1.165) is 58.2 Å². The van der Waals surface area contributed by atoms with E-state index in [1.165, 1.54) is 0 Å². The van der Waals surface area contributed by atoms with Crippen molar-refractivity contribution in [3.8, 4) is 34.0 Å². The fourth-order valence-corrected chi connectivity index (χ4v) is 4.42. The third-order valence-corrected chi connectivity index (χ3v) is 6.09. The number of hydrogen-bond donors (Lipinski definition) is 0. The Balaban J connectivity index is 1.44. The first kappa shape index (κ1) is 21.2. The van der Waals surface area contributed by atoms with E-state index in [9.17, 15) is 0 Å². The Kier molecular flexibility index (Phi) is 6.09. The molecular weight excluding hydrogens is 414 g/mol. The molecule has 1 aliphatic rings. The molecule has 33 heavy (non-hydrogen) atoms. The molecule has 0 spiro atoms. The van der Waals surface area contributed by atoms with Gasteiger partial charge in [0, 0.05) is 29.9 Å². The first-order valence-corrected chi connectivity index (χ1v) is 11.1. The highest BCUT2D eigenvalue weighted by molar-refractivity contribution is 5.80. The summed E-state index contributed by atoms with van der Waals surface area (Å²) in [6.07, 6.45) is 5.60. The Labute approximate surface area is 193 Å². The van der Waals surface area contributed by atoms with Gasteiger partial charge in [0.25, 0.3) is 0 Å². The molecule has 5 rings (SSSR count). The zero-order valence-electron chi connectivity index (χ0n) is 18.9. The Bertz CT molecular complexity index is 1220. The number of nitrogens with zero attached hydrogens (tertiary/aromatic N) is 3. The van der Waals surface area contributed by atoms with Crippen LogP contribution < -0.4 is 9.47 Å². The molecule has 1 aliphatic heterocycles. The van der Waals surface area contributed by atoms with Crippen LogP contribution in [0.3, 0.4) is 0 Å². The van der Waals surface area contributed by atoms with Gasteiger partial charge in [-0.05, 0) is 48.4 Å². The van der Waals surface area contributed by atoms with Crippen LogP contribution in [0.1, 0.15) is 23.9 Å². The second-order valence-corrected chi connectivity index (χ2v) is 8.12. The molecule has 0 saturated heterocycles. The van der Waals surface area contributed by atoms with Crippen molar-refractivity contribution in [2.24, 2.45) is 0 Å². The van der Waals surface area contributed by atoms with Gasteiger partial charge in [-0.25, -0.2) is 4.98 Å². The van der Waals surface area contributed by atoms with E-state index in [0.29, 0.717) is 13.2 Å². The van der Waals surface area contributed by atoms with Gasteiger partial charge in [-0.3, -0.25) is 4.98 Å². The summed E-state index contributed by atoms with van der Waals surface area (Å²) in [7, 11) is 3.36. The van der Waals surface area contributed by atoms with E-state index in [-0.39, 0.29) is 6.04 Å². The predicted octanol–water partition coefficient (Wildman–Crippen LogP) is 5.33. The van der Waals surface area contributed by atoms with Crippen LogP contribution in [0.25, 0.3) is 22.5 Å². The van der Waals surface area contributed by atoms with Crippen molar-refractivity contribution < 1.29 is 14.2 Å². The van der Waals surface area contributed by atoms with Gasteiger partial charge in [0.05, 0.1) is 44.9 Å². The molecule has 0 aliphatic carbocycles. The maximum atomic E-state index is 6.15. The number of ether oxygens (including phenoxy) is 3. The minimum Gasteiger partial charge on any atom is -0.497 e. The molecule has 0 radical (unpaired) electrons. The normalized spacial score (nSPS) is 14.8. The van der Waals surface area contributed by atoms with Gasteiger partial charge in [-0.1, -0.05) is 24.3 Å². The zero-order chi connectivity index (χ0) is 22.6. The number of aryl methyl sites for hydroxylation is 1. The fourth-order valence-electron chi connectivity index (χ4n) is 4.42. The molecule has 0 bridgehead atoms. The number of aromatic nitrogens is 3. The quantitative estimate of drug-likeness (QED) is 0.370. The lowest BCUT2D eigenvalue weighted by Crippen LogP contribution is -2.13. The number of methoxy groups -OCH3 is 2. The van der Waals surface area contributed by atoms with Gasteiger partial charge in [0.15, 0.2) is 0 Å². The molecule has 2 aromatic heterocycles. The van der Waals surface area contributed by atoms with E-state index in [1.807, 2.05) is 67.0 Å². The molecule has 0 saturated carbocycles. The summed E-state index contributed by atoms with van der Waals surface area (Å²) in [6, 6.07) is 20.4. The highest BCUT2D eigenvalue weighted by Gasteiger charge is 2.30. The fraction of sp³-hybridized carbons (Fsp3) is 0.259. The highest BCUT2D eigenvalue weighted by atomic mass is 16.5. The van der Waals surface area contributed by atoms with Crippen molar-refractivity contribution in [2.75, 3.05) is 20.8 Å². The molecule has 4 aromatic rings. The minimum absolute atomic E-state index is 0.230. The van der Waals surface area contributed by atoms with E-state index < -0.39 is 0 Å². The standard InChI is InChI=1S/C27H27N3O3/c1-31-23-9-6-19(7-10-23)17-33-18-22-8-11-25-29-26(21-4-3-5-24(16-21)32-2)27(30(22)25)20-12-14-28-15-13-20/h3-7,9-10,12-16,22H,8,11,17-18H2,1-2H3/t22-/m0/s1. The van der Waals surface area contributed by atoms with Gasteiger partial charge in [0.2, 0.25) is 0 Å². The second-order valence-electron chi connectivity index (χ2n) is 8.12. The van der Waals surface area contributed by atoms with Crippen molar-refractivity contribution >= 4 is 0 Å². The molecule has 0 N–H and O–H groups in total. The van der Waals surface area contributed by atoms with E-state index in [1.54, 1.807) is 14.2 Å². The zero-order valence-corrected chi connectivity index (χ0v) is 18.9. The topological polar surface area (TPSA) is 58.4 Å². The molecular formula is C27H27N3O3. The number of imidazole rings is 1. The lowest BCUT2D eigenvalue weighted by molar-refractivity contribution is 0.0925. The number of hydrogen-bond acceptors (Lipinski definition) is 5. The molecule has 1 atom stereocenters. The van der Waals surface area contributed by atoms with Crippen molar-refractivity contribution in [1.82, 2.24) is 14.5 Å². The van der Waals surface area contributed by atoms with Crippen LogP contribution in [-0.2, 0) is 17.8 Å². The van der Waals surface area contributed by atoms with Gasteiger partial charge in [0.1, 0.15) is 17.3 Å². The van der Waals surface area contributed by atoms with Crippen LogP contribution in [0.5, 0.6) is 11.5 Å². The monoisotopic (exact) mass is 441 g/mol. The third kappa shape index (κ3) is 4.34. The van der Waals surface area contributed by atoms with Crippen LogP contribution in [0.4, 0.5) is 0 Å². The van der Waals surface area contributed by atoms with Crippen LogP contribution in [0, 0.1) is 0 Å². The molecule has 0 amide bonds. The summed E-state index contributed by atoms with van der Waals surface area (Å²) in [4.78, 5) is 9.28. The Morgan fingerprint density at radius 3 is 2.45 bits per heavy atom. The summed E-state index contributed by atoms with van der Waals surface area (Å²) in [6.45, 7) is 1.20. The maximum absolute atomic E-state index is 6.15. The molecule has 0 unspecified atom stereocenters. The number of pyridine rings is 1. The molecule has 0 fully saturated rings. The minimum atomic E-state index is 0.230. The van der Waals surface area contributed by atoms with Crippen LogP contribution >= 0.6 is 0 Å². The van der Waals surface area contributed by atoms with Crippen LogP contribution in [0.15, 0.2) is 73.1 Å². The predicted molar refractivity (Wildman–Crippen MR) is 127 cm³/mol. The van der Waals surface area contributed by atoms with Gasteiger partial charge in [-0.15, -0.1) is 0 Å². The van der Waals surface area contributed by atoms with E-state index in [2.05, 4.69) is 15.6 Å². The highest BCUT2D eigenvalue weighted by Crippen LogP contribution is 2.40.